The van der Waals surface area contributed by atoms with Crippen molar-refractivity contribution in [2.45, 2.75) is 44.7 Å². The van der Waals surface area contributed by atoms with Crippen molar-refractivity contribution in [1.29, 1.82) is 0 Å². The Morgan fingerprint density at radius 1 is 1.19 bits per heavy atom. The molecular formula is C22H32N6O2S. The fourth-order valence-corrected chi connectivity index (χ4v) is 4.31. The monoisotopic (exact) mass is 444 g/mol. The minimum Gasteiger partial charge on any atom is -0.396 e. The van der Waals surface area contributed by atoms with Gasteiger partial charge in [-0.1, -0.05) is 18.9 Å². The summed E-state index contributed by atoms with van der Waals surface area (Å²) >= 11 is 1.43. The van der Waals surface area contributed by atoms with Gasteiger partial charge in [-0.3, -0.25) is 9.78 Å². The summed E-state index contributed by atoms with van der Waals surface area (Å²) < 4.78 is 0. The molecule has 0 spiro atoms. The lowest BCUT2D eigenvalue weighted by Gasteiger charge is -2.26. The summed E-state index contributed by atoms with van der Waals surface area (Å²) in [5.74, 6) is -0.307. The number of nitrogens with one attached hydrogen (secondary N) is 2. The van der Waals surface area contributed by atoms with Gasteiger partial charge in [0.15, 0.2) is 0 Å². The number of hydrogen-bond donors (Lipinski definition) is 3. The molecule has 0 saturated heterocycles. The minimum absolute atomic E-state index is 0.0274. The second kappa shape index (κ2) is 11.1. The van der Waals surface area contributed by atoms with Crippen molar-refractivity contribution in [2.75, 3.05) is 38.2 Å². The quantitative estimate of drug-likeness (QED) is 0.550. The van der Waals surface area contributed by atoms with Crippen LogP contribution in [0.15, 0.2) is 29.1 Å². The first-order chi connectivity index (χ1) is 14.9. The number of pyridine rings is 1. The van der Waals surface area contributed by atoms with Crippen LogP contribution in [-0.4, -0.2) is 59.9 Å². The maximum Gasteiger partial charge on any atom is 0.317 e. The number of nitrogen functional groups attached to an aromatic ring is 1. The van der Waals surface area contributed by atoms with Gasteiger partial charge >= 0.3 is 6.03 Å². The van der Waals surface area contributed by atoms with Crippen molar-refractivity contribution in [3.63, 3.8) is 0 Å². The first-order valence-electron chi connectivity index (χ1n) is 10.7. The Bertz CT molecular complexity index is 861. The summed E-state index contributed by atoms with van der Waals surface area (Å²) in [5, 5.41) is 9.50. The summed E-state index contributed by atoms with van der Waals surface area (Å²) in [6, 6.07) is 3.78. The van der Waals surface area contributed by atoms with Gasteiger partial charge in [-0.15, -0.1) is 11.3 Å². The highest BCUT2D eigenvalue weighted by molar-refractivity contribution is 7.09. The van der Waals surface area contributed by atoms with Crippen LogP contribution in [0.2, 0.25) is 0 Å². The Balaban J connectivity index is 1.61. The first-order valence-corrected chi connectivity index (χ1v) is 11.6. The fraction of sp³-hybridized carbons (Fsp3) is 0.500. The molecule has 4 N–H and O–H groups in total. The van der Waals surface area contributed by atoms with E-state index in [1.807, 2.05) is 25.1 Å². The van der Waals surface area contributed by atoms with Gasteiger partial charge in [0.2, 0.25) is 0 Å². The molecule has 31 heavy (non-hydrogen) atoms. The van der Waals surface area contributed by atoms with Gasteiger partial charge in [0.05, 0.1) is 11.4 Å². The molecular weight excluding hydrogens is 412 g/mol. The lowest BCUT2D eigenvalue weighted by molar-refractivity contribution is 0.102. The van der Waals surface area contributed by atoms with Crippen LogP contribution in [0.5, 0.6) is 0 Å². The van der Waals surface area contributed by atoms with E-state index in [0.717, 1.165) is 31.4 Å². The number of amides is 3. The summed E-state index contributed by atoms with van der Waals surface area (Å²) in [5.41, 5.74) is 8.15. The number of thiophene rings is 1. The maximum atomic E-state index is 12.9. The standard InChI is InChI=1S/C22H32N6O2S/c1-27(2)10-5-11-28(22(30)25-17-6-3-4-7-17)13-16-8-9-19(24-12-16)21(29)26-20-15-31-14-18(20)23/h8-9,12,14-15,17H,3-7,10-11,13,23H2,1-2H3,(H,25,30)(H,26,29). The molecule has 1 saturated carbocycles. The van der Waals surface area contributed by atoms with Crippen molar-refractivity contribution in [3.05, 3.63) is 40.3 Å². The summed E-state index contributed by atoms with van der Waals surface area (Å²) in [6.07, 6.45) is 7.01. The summed E-state index contributed by atoms with van der Waals surface area (Å²) in [6.45, 7) is 2.03. The number of aromatic nitrogens is 1. The number of carbonyl (C=O) groups is 2. The molecule has 8 nitrogen and oxygen atoms in total. The third-order valence-electron chi connectivity index (χ3n) is 5.37. The Morgan fingerprint density at radius 3 is 2.58 bits per heavy atom. The second-order valence-corrected chi connectivity index (χ2v) is 9.00. The van der Waals surface area contributed by atoms with E-state index in [1.165, 1.54) is 24.2 Å². The molecule has 0 aromatic carbocycles. The average molecular weight is 445 g/mol. The first kappa shape index (κ1) is 23.0. The third-order valence-corrected chi connectivity index (χ3v) is 6.14. The van der Waals surface area contributed by atoms with Crippen LogP contribution in [0, 0.1) is 0 Å². The van der Waals surface area contributed by atoms with Gasteiger partial charge in [-0.05, 0) is 51.5 Å². The van der Waals surface area contributed by atoms with E-state index in [4.69, 9.17) is 5.73 Å². The SMILES string of the molecule is CN(C)CCCN(Cc1ccc(C(=O)Nc2cscc2N)nc1)C(=O)NC1CCCC1. The number of nitrogens with two attached hydrogens (primary N) is 1. The van der Waals surface area contributed by atoms with Gasteiger partial charge in [-0.25, -0.2) is 4.79 Å². The average Bonchev–Trinajstić information content (AvgIpc) is 3.39. The zero-order valence-corrected chi connectivity index (χ0v) is 19.1. The molecule has 0 unspecified atom stereocenters. The summed E-state index contributed by atoms with van der Waals surface area (Å²) in [4.78, 5) is 33.5. The van der Waals surface area contributed by atoms with Crippen LogP contribution in [0.4, 0.5) is 16.2 Å². The van der Waals surface area contributed by atoms with E-state index in [1.54, 1.807) is 23.0 Å². The van der Waals surface area contributed by atoms with E-state index in [0.29, 0.717) is 30.2 Å². The van der Waals surface area contributed by atoms with Gasteiger partial charge in [0.1, 0.15) is 5.69 Å². The van der Waals surface area contributed by atoms with Gasteiger partial charge in [0, 0.05) is 36.1 Å². The summed E-state index contributed by atoms with van der Waals surface area (Å²) in [7, 11) is 4.06. The predicted molar refractivity (Wildman–Crippen MR) is 125 cm³/mol. The Kier molecular flexibility index (Phi) is 8.25. The van der Waals surface area contributed by atoms with Crippen LogP contribution in [-0.2, 0) is 6.54 Å². The molecule has 0 radical (unpaired) electrons. The van der Waals surface area contributed by atoms with Crippen LogP contribution in [0.1, 0.15) is 48.2 Å². The van der Waals surface area contributed by atoms with E-state index in [-0.39, 0.29) is 18.0 Å². The molecule has 1 aliphatic rings. The minimum atomic E-state index is -0.307. The lowest BCUT2D eigenvalue weighted by atomic mass is 10.2. The van der Waals surface area contributed by atoms with E-state index in [9.17, 15) is 9.59 Å². The molecule has 0 atom stereocenters. The molecule has 0 bridgehead atoms. The third kappa shape index (κ3) is 6.93. The Morgan fingerprint density at radius 2 is 1.97 bits per heavy atom. The lowest BCUT2D eigenvalue weighted by Crippen LogP contribution is -2.44. The largest absolute Gasteiger partial charge is 0.396 e. The van der Waals surface area contributed by atoms with Crippen LogP contribution >= 0.6 is 11.3 Å². The van der Waals surface area contributed by atoms with E-state index < -0.39 is 0 Å². The van der Waals surface area contributed by atoms with Crippen molar-refractivity contribution in [2.24, 2.45) is 0 Å². The predicted octanol–water partition coefficient (Wildman–Crippen LogP) is 3.38. The number of urea groups is 1. The highest BCUT2D eigenvalue weighted by Gasteiger charge is 2.21. The van der Waals surface area contributed by atoms with Gasteiger partial charge in [0.25, 0.3) is 5.91 Å². The van der Waals surface area contributed by atoms with Crippen molar-refractivity contribution in [3.8, 4) is 0 Å². The zero-order valence-electron chi connectivity index (χ0n) is 18.3. The molecule has 1 aliphatic carbocycles. The zero-order chi connectivity index (χ0) is 22.2. The Labute approximate surface area is 187 Å². The topological polar surface area (TPSA) is 104 Å². The van der Waals surface area contributed by atoms with Gasteiger partial charge < -0.3 is 26.2 Å². The van der Waals surface area contributed by atoms with Crippen LogP contribution in [0.25, 0.3) is 0 Å². The molecule has 2 heterocycles. The maximum absolute atomic E-state index is 12.9. The van der Waals surface area contributed by atoms with Gasteiger partial charge in [-0.2, -0.15) is 0 Å². The number of rotatable bonds is 9. The molecule has 2 aromatic rings. The van der Waals surface area contributed by atoms with Crippen LogP contribution < -0.4 is 16.4 Å². The molecule has 168 valence electrons. The van der Waals surface area contributed by atoms with Crippen LogP contribution in [0.3, 0.4) is 0 Å². The van der Waals surface area contributed by atoms with E-state index >= 15 is 0 Å². The number of carbonyl (C=O) groups excluding carboxylic acids is 2. The van der Waals surface area contributed by atoms with Crippen molar-refractivity contribution in [1.82, 2.24) is 20.1 Å². The number of nitrogens with zero attached hydrogens (tertiary/aromatic N) is 3. The highest BCUT2D eigenvalue weighted by Crippen LogP contribution is 2.23. The number of hydrogen-bond acceptors (Lipinski definition) is 6. The smallest absolute Gasteiger partial charge is 0.317 e. The fourth-order valence-electron chi connectivity index (χ4n) is 3.63. The highest BCUT2D eigenvalue weighted by atomic mass is 32.1. The molecule has 2 aromatic heterocycles. The Hall–Kier alpha value is -2.65. The molecule has 3 rings (SSSR count). The van der Waals surface area contributed by atoms with Crippen molar-refractivity contribution < 1.29 is 9.59 Å². The molecule has 0 aliphatic heterocycles. The normalized spacial score (nSPS) is 14.0. The van der Waals surface area contributed by atoms with Crippen molar-refractivity contribution >= 4 is 34.6 Å². The van der Waals surface area contributed by atoms with E-state index in [2.05, 4.69) is 20.5 Å². The molecule has 3 amide bonds. The molecule has 9 heteroatoms. The second-order valence-electron chi connectivity index (χ2n) is 8.26. The number of anilines is 2. The molecule has 1 fully saturated rings.